The fourth-order valence-electron chi connectivity index (χ4n) is 2.13. The maximum Gasteiger partial charge on any atom is 0.228 e. The van der Waals surface area contributed by atoms with E-state index in [0.717, 1.165) is 4.47 Å². The van der Waals surface area contributed by atoms with Crippen LogP contribution in [0, 0.1) is 11.8 Å². The smallest absolute Gasteiger partial charge is 0.228 e. The Morgan fingerprint density at radius 2 is 1.68 bits per heavy atom. The molecule has 100 valence electrons. The molecule has 2 rings (SSSR count). The van der Waals surface area contributed by atoms with Crippen molar-refractivity contribution in [3.05, 3.63) is 40.9 Å². The Kier molecular flexibility index (Phi) is 4.37. The highest BCUT2D eigenvalue weighted by Crippen LogP contribution is 2.26. The Labute approximate surface area is 119 Å². The highest BCUT2D eigenvalue weighted by Gasteiger charge is 2.29. The van der Waals surface area contributed by atoms with E-state index < -0.39 is 17.8 Å². The SMILES string of the molecule is O=C(Nc1ccc(Br)cc1)[C@H]1CC=CC[C@H]1C(=O)[O-]. The molecule has 0 bridgehead atoms. The summed E-state index contributed by atoms with van der Waals surface area (Å²) in [6.45, 7) is 0. The van der Waals surface area contributed by atoms with Crippen molar-refractivity contribution in [2.24, 2.45) is 11.8 Å². The topological polar surface area (TPSA) is 69.2 Å². The lowest BCUT2D eigenvalue weighted by Crippen LogP contribution is -2.41. The zero-order valence-corrected chi connectivity index (χ0v) is 11.7. The van der Waals surface area contributed by atoms with Crippen molar-refractivity contribution >= 4 is 33.5 Å². The predicted octanol–water partition coefficient (Wildman–Crippen LogP) is 1.72. The Morgan fingerprint density at radius 3 is 2.26 bits per heavy atom. The van der Waals surface area contributed by atoms with Gasteiger partial charge in [0, 0.05) is 22.0 Å². The van der Waals surface area contributed by atoms with Gasteiger partial charge in [-0.2, -0.15) is 0 Å². The molecule has 0 saturated heterocycles. The van der Waals surface area contributed by atoms with E-state index in [9.17, 15) is 14.7 Å². The average Bonchev–Trinajstić information content (AvgIpc) is 2.41. The monoisotopic (exact) mass is 322 g/mol. The molecule has 1 aliphatic rings. The number of carbonyl (C=O) groups is 2. The Bertz CT molecular complexity index is 510. The minimum Gasteiger partial charge on any atom is -0.550 e. The van der Waals surface area contributed by atoms with Crippen molar-refractivity contribution < 1.29 is 14.7 Å². The van der Waals surface area contributed by atoms with Crippen LogP contribution in [0.3, 0.4) is 0 Å². The summed E-state index contributed by atoms with van der Waals surface area (Å²) >= 11 is 3.31. The van der Waals surface area contributed by atoms with E-state index in [1.54, 1.807) is 18.2 Å². The molecule has 0 radical (unpaired) electrons. The molecule has 0 spiro atoms. The van der Waals surface area contributed by atoms with Crippen molar-refractivity contribution in [1.29, 1.82) is 0 Å². The average molecular weight is 323 g/mol. The second-order valence-electron chi connectivity index (χ2n) is 4.47. The second-order valence-corrected chi connectivity index (χ2v) is 5.39. The molecule has 1 N–H and O–H groups in total. The maximum atomic E-state index is 12.1. The van der Waals surface area contributed by atoms with Crippen LogP contribution < -0.4 is 10.4 Å². The molecular formula is C14H13BrNO3-. The number of rotatable bonds is 3. The molecule has 1 aliphatic carbocycles. The van der Waals surface area contributed by atoms with Crippen LogP contribution in [0.5, 0.6) is 0 Å². The van der Waals surface area contributed by atoms with Gasteiger partial charge >= 0.3 is 0 Å². The number of nitrogens with one attached hydrogen (secondary N) is 1. The van der Waals surface area contributed by atoms with Gasteiger partial charge in [-0.05, 0) is 37.1 Å². The number of carbonyl (C=O) groups excluding carboxylic acids is 2. The van der Waals surface area contributed by atoms with E-state index in [4.69, 9.17) is 0 Å². The van der Waals surface area contributed by atoms with Crippen LogP contribution in [0.15, 0.2) is 40.9 Å². The van der Waals surface area contributed by atoms with Gasteiger partial charge in [-0.3, -0.25) is 4.79 Å². The minimum atomic E-state index is -1.17. The summed E-state index contributed by atoms with van der Waals surface area (Å²) < 4.78 is 0.915. The molecule has 0 fully saturated rings. The number of anilines is 1. The number of amides is 1. The highest BCUT2D eigenvalue weighted by molar-refractivity contribution is 9.10. The van der Waals surface area contributed by atoms with Gasteiger partial charge in [0.15, 0.2) is 0 Å². The molecule has 1 amide bonds. The molecule has 4 nitrogen and oxygen atoms in total. The number of carboxylic acids is 1. The summed E-state index contributed by atoms with van der Waals surface area (Å²) in [4.78, 5) is 23.2. The van der Waals surface area contributed by atoms with E-state index in [-0.39, 0.29) is 5.91 Å². The van der Waals surface area contributed by atoms with Gasteiger partial charge in [-0.25, -0.2) is 0 Å². The van der Waals surface area contributed by atoms with Gasteiger partial charge < -0.3 is 15.2 Å². The van der Waals surface area contributed by atoms with Crippen molar-refractivity contribution in [1.82, 2.24) is 0 Å². The quantitative estimate of drug-likeness (QED) is 0.861. The lowest BCUT2D eigenvalue weighted by molar-refractivity contribution is -0.313. The summed E-state index contributed by atoms with van der Waals surface area (Å²) in [6.07, 6.45) is 4.40. The van der Waals surface area contributed by atoms with Crippen LogP contribution in [0.2, 0.25) is 0 Å². The van der Waals surface area contributed by atoms with Gasteiger partial charge in [0.1, 0.15) is 0 Å². The number of benzene rings is 1. The molecular weight excluding hydrogens is 310 g/mol. The first kappa shape index (κ1) is 13.8. The molecule has 0 aromatic heterocycles. The minimum absolute atomic E-state index is 0.277. The molecule has 1 aromatic carbocycles. The molecule has 0 saturated carbocycles. The molecule has 1 aromatic rings. The summed E-state index contributed by atoms with van der Waals surface area (Å²) in [5, 5.41) is 13.8. The number of aliphatic carboxylic acids is 1. The van der Waals surface area contributed by atoms with E-state index in [0.29, 0.717) is 18.5 Å². The van der Waals surface area contributed by atoms with Gasteiger partial charge in [-0.1, -0.05) is 28.1 Å². The first-order valence-electron chi connectivity index (χ1n) is 6.00. The van der Waals surface area contributed by atoms with Gasteiger partial charge in [-0.15, -0.1) is 0 Å². The third kappa shape index (κ3) is 3.44. The molecule has 0 aliphatic heterocycles. The Hall–Kier alpha value is -1.62. The summed E-state index contributed by atoms with van der Waals surface area (Å²) in [5.41, 5.74) is 0.653. The first-order valence-corrected chi connectivity index (χ1v) is 6.79. The lowest BCUT2D eigenvalue weighted by atomic mass is 9.82. The predicted molar refractivity (Wildman–Crippen MR) is 73.1 cm³/mol. The number of hydrogen-bond donors (Lipinski definition) is 1. The molecule has 5 heteroatoms. The van der Waals surface area contributed by atoms with Crippen LogP contribution in [0.4, 0.5) is 5.69 Å². The fraction of sp³-hybridized carbons (Fsp3) is 0.286. The largest absolute Gasteiger partial charge is 0.550 e. The van der Waals surface area contributed by atoms with Crippen molar-refractivity contribution in [3.8, 4) is 0 Å². The van der Waals surface area contributed by atoms with Crippen LogP contribution in [-0.2, 0) is 9.59 Å². The van der Waals surface area contributed by atoms with Crippen LogP contribution in [0.1, 0.15) is 12.8 Å². The third-order valence-corrected chi connectivity index (χ3v) is 3.71. The number of halogens is 1. The van der Waals surface area contributed by atoms with Gasteiger partial charge in [0.2, 0.25) is 5.91 Å². The standard InChI is InChI=1S/C14H14BrNO3/c15-9-5-7-10(8-6-9)16-13(17)11-3-1-2-4-12(11)14(18)19/h1-2,5-8,11-12H,3-4H2,(H,16,17)(H,18,19)/p-1/t11-,12+/m0/s1. The zero-order chi connectivity index (χ0) is 13.8. The van der Waals surface area contributed by atoms with Crippen LogP contribution >= 0.6 is 15.9 Å². The summed E-state index contributed by atoms with van der Waals surface area (Å²) in [5.74, 6) is -2.76. The third-order valence-electron chi connectivity index (χ3n) is 3.18. The van der Waals surface area contributed by atoms with Crippen molar-refractivity contribution in [2.45, 2.75) is 12.8 Å². The normalized spacial score (nSPS) is 21.9. The molecule has 0 heterocycles. The molecule has 0 unspecified atom stereocenters. The number of allylic oxidation sites excluding steroid dienone is 2. The maximum absolute atomic E-state index is 12.1. The Balaban J connectivity index is 2.08. The van der Waals surface area contributed by atoms with E-state index in [1.165, 1.54) is 0 Å². The second kappa shape index (κ2) is 6.02. The van der Waals surface area contributed by atoms with Gasteiger partial charge in [0.05, 0.1) is 5.92 Å². The summed E-state index contributed by atoms with van der Waals surface area (Å²) in [6, 6.07) is 7.14. The fourth-order valence-corrected chi connectivity index (χ4v) is 2.40. The first-order chi connectivity index (χ1) is 9.08. The number of hydrogen-bond acceptors (Lipinski definition) is 3. The highest BCUT2D eigenvalue weighted by atomic mass is 79.9. The summed E-state index contributed by atoms with van der Waals surface area (Å²) in [7, 11) is 0. The van der Waals surface area contributed by atoms with Crippen LogP contribution in [0.25, 0.3) is 0 Å². The van der Waals surface area contributed by atoms with E-state index in [1.807, 2.05) is 18.2 Å². The van der Waals surface area contributed by atoms with Crippen molar-refractivity contribution in [3.63, 3.8) is 0 Å². The number of carboxylic acid groups (broad SMARTS) is 1. The Morgan fingerprint density at radius 1 is 1.11 bits per heavy atom. The van der Waals surface area contributed by atoms with E-state index >= 15 is 0 Å². The van der Waals surface area contributed by atoms with Crippen LogP contribution in [-0.4, -0.2) is 11.9 Å². The van der Waals surface area contributed by atoms with E-state index in [2.05, 4.69) is 21.2 Å². The zero-order valence-electron chi connectivity index (χ0n) is 10.1. The molecule has 2 atom stereocenters. The molecule has 19 heavy (non-hydrogen) atoms. The van der Waals surface area contributed by atoms with Crippen molar-refractivity contribution in [2.75, 3.05) is 5.32 Å². The van der Waals surface area contributed by atoms with Gasteiger partial charge in [0.25, 0.3) is 0 Å². The lowest BCUT2D eigenvalue weighted by Gasteiger charge is -2.28.